The Morgan fingerprint density at radius 2 is 1.62 bits per heavy atom. The van der Waals surface area contributed by atoms with Crippen LogP contribution >= 0.6 is 0 Å². The first-order chi connectivity index (χ1) is 9.60. The van der Waals surface area contributed by atoms with Crippen LogP contribution in [-0.4, -0.2) is 24.4 Å². The molecule has 21 heavy (non-hydrogen) atoms. The topological polar surface area (TPSA) is 26.3 Å². The smallest absolute Gasteiger partial charge is 0.446 e. The van der Waals surface area contributed by atoms with Gasteiger partial charge in [-0.15, -0.1) is 0 Å². The summed E-state index contributed by atoms with van der Waals surface area (Å²) in [6, 6.07) is 8.49. The molecule has 1 atom stereocenters. The van der Waals surface area contributed by atoms with Crippen LogP contribution in [0, 0.1) is 0 Å². The molecule has 1 aromatic carbocycles. The van der Waals surface area contributed by atoms with Crippen molar-refractivity contribution >= 4 is 5.97 Å². The minimum Gasteiger partial charge on any atom is -0.446 e. The van der Waals surface area contributed by atoms with E-state index in [4.69, 9.17) is 0 Å². The molecule has 118 valence electrons. The SMILES string of the molecule is O=C(OC(CCCc1ccccc1)C(F)(F)F)C(F)(F)F. The van der Waals surface area contributed by atoms with E-state index in [2.05, 4.69) is 4.74 Å². The number of carbonyl (C=O) groups excluding carboxylic acids is 1. The van der Waals surface area contributed by atoms with Gasteiger partial charge in [-0.05, 0) is 24.8 Å². The monoisotopic (exact) mass is 314 g/mol. The van der Waals surface area contributed by atoms with Crippen molar-refractivity contribution in [2.24, 2.45) is 0 Å². The largest absolute Gasteiger partial charge is 0.490 e. The van der Waals surface area contributed by atoms with Crippen molar-refractivity contribution in [1.29, 1.82) is 0 Å². The molecule has 0 spiro atoms. The van der Waals surface area contributed by atoms with Crippen LogP contribution in [0.4, 0.5) is 26.3 Å². The summed E-state index contributed by atoms with van der Waals surface area (Å²) in [5.74, 6) is -2.83. The second kappa shape index (κ2) is 6.82. The lowest BCUT2D eigenvalue weighted by molar-refractivity contribution is -0.246. The van der Waals surface area contributed by atoms with Crippen LogP contribution in [0.25, 0.3) is 0 Å². The Kier molecular flexibility index (Phi) is 5.62. The van der Waals surface area contributed by atoms with Crippen LogP contribution in [0.5, 0.6) is 0 Å². The van der Waals surface area contributed by atoms with Crippen LogP contribution in [-0.2, 0) is 16.0 Å². The quantitative estimate of drug-likeness (QED) is 0.605. The maximum Gasteiger partial charge on any atom is 0.490 e. The Balaban J connectivity index is 2.57. The number of aryl methyl sites for hydroxylation is 1. The highest BCUT2D eigenvalue weighted by Crippen LogP contribution is 2.29. The van der Waals surface area contributed by atoms with Crippen molar-refractivity contribution in [3.63, 3.8) is 0 Å². The molecule has 0 aliphatic heterocycles. The van der Waals surface area contributed by atoms with Gasteiger partial charge in [-0.2, -0.15) is 26.3 Å². The minimum absolute atomic E-state index is 0.0562. The predicted molar refractivity (Wildman–Crippen MR) is 61.4 cm³/mol. The third-order valence-corrected chi connectivity index (χ3v) is 2.62. The number of halogens is 6. The predicted octanol–water partition coefficient (Wildman–Crippen LogP) is 4.05. The van der Waals surface area contributed by atoms with Crippen molar-refractivity contribution in [2.45, 2.75) is 37.7 Å². The van der Waals surface area contributed by atoms with Crippen LogP contribution in [0.2, 0.25) is 0 Å². The van der Waals surface area contributed by atoms with E-state index < -0.39 is 30.8 Å². The van der Waals surface area contributed by atoms with E-state index in [1.807, 2.05) is 0 Å². The Morgan fingerprint density at radius 3 is 2.10 bits per heavy atom. The molecule has 0 bridgehead atoms. The maximum atomic E-state index is 12.5. The first-order valence-corrected chi connectivity index (χ1v) is 5.99. The lowest BCUT2D eigenvalue weighted by Gasteiger charge is -2.21. The number of benzene rings is 1. The summed E-state index contributed by atoms with van der Waals surface area (Å²) in [4.78, 5) is 10.5. The summed E-state index contributed by atoms with van der Waals surface area (Å²) in [7, 11) is 0. The fraction of sp³-hybridized carbons (Fsp3) is 0.462. The Bertz CT molecular complexity index is 452. The number of esters is 1. The number of carbonyl (C=O) groups is 1. The van der Waals surface area contributed by atoms with Crippen molar-refractivity contribution in [1.82, 2.24) is 0 Å². The third-order valence-electron chi connectivity index (χ3n) is 2.62. The molecule has 0 aliphatic rings. The number of rotatable bonds is 5. The second-order valence-electron chi connectivity index (χ2n) is 4.31. The fourth-order valence-corrected chi connectivity index (χ4v) is 1.62. The van der Waals surface area contributed by atoms with Crippen LogP contribution < -0.4 is 0 Å². The van der Waals surface area contributed by atoms with Gasteiger partial charge in [0, 0.05) is 0 Å². The molecule has 0 N–H and O–H groups in total. The van der Waals surface area contributed by atoms with Gasteiger partial charge >= 0.3 is 18.3 Å². The van der Waals surface area contributed by atoms with Crippen LogP contribution in [0.3, 0.4) is 0 Å². The van der Waals surface area contributed by atoms with E-state index in [1.54, 1.807) is 30.3 Å². The van der Waals surface area contributed by atoms with E-state index in [1.165, 1.54) is 0 Å². The zero-order valence-electron chi connectivity index (χ0n) is 10.7. The number of hydrogen-bond acceptors (Lipinski definition) is 2. The standard InChI is InChI=1S/C13H12F6O2/c14-12(15,16)10(21-11(20)13(17,18)19)8-4-7-9-5-2-1-3-6-9/h1-3,5-6,10H,4,7-8H2. The first-order valence-electron chi connectivity index (χ1n) is 5.99. The summed E-state index contributed by atoms with van der Waals surface area (Å²) in [6.45, 7) is 0. The lowest BCUT2D eigenvalue weighted by atomic mass is 10.1. The Labute approximate surface area is 116 Å². The molecule has 0 radical (unpaired) electrons. The van der Waals surface area contributed by atoms with E-state index in [-0.39, 0.29) is 12.8 Å². The van der Waals surface area contributed by atoms with Gasteiger partial charge in [0.2, 0.25) is 0 Å². The van der Waals surface area contributed by atoms with Crippen molar-refractivity contribution in [3.05, 3.63) is 35.9 Å². The third kappa shape index (κ3) is 6.05. The average Bonchev–Trinajstić information content (AvgIpc) is 2.36. The fourth-order valence-electron chi connectivity index (χ4n) is 1.62. The number of alkyl halides is 6. The molecule has 0 aromatic heterocycles. The first kappa shape index (κ1) is 17.3. The highest BCUT2D eigenvalue weighted by Gasteiger charge is 2.48. The normalized spacial score (nSPS) is 13.8. The molecule has 0 fully saturated rings. The summed E-state index contributed by atoms with van der Waals surface area (Å²) in [6.07, 6.45) is -13.8. The van der Waals surface area contributed by atoms with E-state index in [9.17, 15) is 31.1 Å². The van der Waals surface area contributed by atoms with Crippen LogP contribution in [0.15, 0.2) is 30.3 Å². The zero-order valence-corrected chi connectivity index (χ0v) is 10.7. The Morgan fingerprint density at radius 1 is 1.05 bits per heavy atom. The Hall–Kier alpha value is -1.73. The van der Waals surface area contributed by atoms with Gasteiger partial charge in [0.15, 0.2) is 6.10 Å². The molecule has 0 aliphatic carbocycles. The molecule has 1 unspecified atom stereocenters. The average molecular weight is 314 g/mol. The van der Waals surface area contributed by atoms with Gasteiger partial charge in [0.1, 0.15) is 0 Å². The summed E-state index contributed by atoms with van der Waals surface area (Å²) in [5.41, 5.74) is 0.751. The van der Waals surface area contributed by atoms with Gasteiger partial charge in [-0.1, -0.05) is 30.3 Å². The van der Waals surface area contributed by atoms with Gasteiger partial charge in [0.25, 0.3) is 0 Å². The van der Waals surface area contributed by atoms with Crippen molar-refractivity contribution < 1.29 is 35.9 Å². The molecule has 0 amide bonds. The van der Waals surface area contributed by atoms with E-state index in [0.29, 0.717) is 0 Å². The molecular weight excluding hydrogens is 302 g/mol. The van der Waals surface area contributed by atoms with Crippen LogP contribution in [0.1, 0.15) is 18.4 Å². The molecule has 1 rings (SSSR count). The van der Waals surface area contributed by atoms with Gasteiger partial charge in [-0.3, -0.25) is 0 Å². The van der Waals surface area contributed by atoms with Crippen molar-refractivity contribution in [3.8, 4) is 0 Å². The van der Waals surface area contributed by atoms with E-state index in [0.717, 1.165) is 5.56 Å². The molecule has 0 saturated carbocycles. The molecular formula is C13H12F6O2. The lowest BCUT2D eigenvalue weighted by Crippen LogP contribution is -2.38. The zero-order chi connectivity index (χ0) is 16.1. The van der Waals surface area contributed by atoms with Crippen molar-refractivity contribution in [2.75, 3.05) is 0 Å². The summed E-state index contributed by atoms with van der Waals surface area (Å²) >= 11 is 0. The van der Waals surface area contributed by atoms with Gasteiger partial charge in [-0.25, -0.2) is 4.79 Å². The molecule has 2 nitrogen and oxygen atoms in total. The number of ether oxygens (including phenoxy) is 1. The molecule has 8 heteroatoms. The van der Waals surface area contributed by atoms with Gasteiger partial charge in [0.05, 0.1) is 0 Å². The summed E-state index contributed by atoms with van der Waals surface area (Å²) < 4.78 is 77.0. The minimum atomic E-state index is -5.44. The highest BCUT2D eigenvalue weighted by atomic mass is 19.4. The molecule has 1 aromatic rings. The highest BCUT2D eigenvalue weighted by molar-refractivity contribution is 5.75. The van der Waals surface area contributed by atoms with Gasteiger partial charge < -0.3 is 4.74 Å². The second-order valence-corrected chi connectivity index (χ2v) is 4.31. The maximum absolute atomic E-state index is 12.5. The number of hydrogen-bond donors (Lipinski definition) is 0. The molecule has 0 saturated heterocycles. The summed E-state index contributed by atoms with van der Waals surface area (Å²) in [5, 5.41) is 0. The molecule has 0 heterocycles. The van der Waals surface area contributed by atoms with E-state index >= 15 is 0 Å².